The van der Waals surface area contributed by atoms with Crippen molar-refractivity contribution in [2.45, 2.75) is 58.8 Å². The molecule has 4 nitrogen and oxygen atoms in total. The predicted octanol–water partition coefficient (Wildman–Crippen LogP) is 3.82. The van der Waals surface area contributed by atoms with Crippen LogP contribution in [0, 0.1) is 5.41 Å². The second-order valence-electron chi connectivity index (χ2n) is 7.17. The summed E-state index contributed by atoms with van der Waals surface area (Å²) in [5.41, 5.74) is -0.129. The molecule has 0 aromatic carbocycles. The van der Waals surface area contributed by atoms with Gasteiger partial charge in [-0.25, -0.2) is 14.8 Å². The van der Waals surface area contributed by atoms with Gasteiger partial charge in [0.05, 0.1) is 6.61 Å². The third kappa shape index (κ3) is 3.54. The zero-order valence-corrected chi connectivity index (χ0v) is 14.7. The third-order valence-corrected chi connectivity index (χ3v) is 4.25. The van der Waals surface area contributed by atoms with Crippen molar-refractivity contribution < 1.29 is 9.53 Å². The second kappa shape index (κ2) is 5.91. The Morgan fingerprint density at radius 3 is 1.95 bits per heavy atom. The molecule has 5 heteroatoms. The van der Waals surface area contributed by atoms with Gasteiger partial charge in [0.2, 0.25) is 0 Å². The fourth-order valence-corrected chi connectivity index (χ4v) is 2.13. The molecule has 0 aliphatic carbocycles. The number of esters is 1. The van der Waals surface area contributed by atoms with Gasteiger partial charge in [-0.05, 0) is 12.3 Å². The summed E-state index contributed by atoms with van der Waals surface area (Å²) in [6, 6.07) is 0. The molecule has 1 atom stereocenters. The minimum Gasteiger partial charge on any atom is -0.464 e. The Labute approximate surface area is 132 Å². The quantitative estimate of drug-likeness (QED) is 0.629. The summed E-state index contributed by atoms with van der Waals surface area (Å²) in [7, 11) is 0. The lowest BCUT2D eigenvalue weighted by molar-refractivity contribution is -0.150. The van der Waals surface area contributed by atoms with Crippen molar-refractivity contribution >= 4 is 17.6 Å². The van der Waals surface area contributed by atoms with E-state index in [-0.39, 0.29) is 12.0 Å². The molecule has 0 N–H and O–H groups in total. The Bertz CT molecular complexity index is 500. The minimum atomic E-state index is -1.31. The fourth-order valence-electron chi connectivity index (χ4n) is 1.98. The van der Waals surface area contributed by atoms with Crippen molar-refractivity contribution in [3.8, 4) is 0 Å². The first kappa shape index (κ1) is 17.9. The van der Waals surface area contributed by atoms with E-state index >= 15 is 0 Å². The number of ether oxygens (including phenoxy) is 1. The fraction of sp³-hybridized carbons (Fsp3) is 0.688. The Morgan fingerprint density at radius 1 is 1.14 bits per heavy atom. The maximum absolute atomic E-state index is 12.4. The van der Waals surface area contributed by atoms with Crippen molar-refractivity contribution in [3.05, 3.63) is 23.8 Å². The van der Waals surface area contributed by atoms with Crippen LogP contribution in [0.2, 0.25) is 0 Å². The molecule has 0 spiro atoms. The normalized spacial score (nSPS) is 15.4. The molecule has 0 radical (unpaired) electrons. The van der Waals surface area contributed by atoms with Gasteiger partial charge in [-0.15, -0.1) is 11.6 Å². The van der Waals surface area contributed by atoms with Gasteiger partial charge in [-0.1, -0.05) is 41.5 Å². The molecule has 1 aromatic rings. The van der Waals surface area contributed by atoms with Gasteiger partial charge in [0.1, 0.15) is 5.82 Å². The highest BCUT2D eigenvalue weighted by Gasteiger charge is 2.50. The number of hydrogen-bond donors (Lipinski definition) is 0. The standard InChI is InChI=1S/C16H25ClN2O2/c1-8-21-13(20)16(17,15(5,6)7)11-9-18-12(19-10-11)14(2,3)4/h9-10H,8H2,1-7H3. The number of rotatable bonds is 3. The minimum absolute atomic E-state index is 0.154. The third-order valence-electron chi connectivity index (χ3n) is 3.31. The summed E-state index contributed by atoms with van der Waals surface area (Å²) in [6.45, 7) is 13.8. The molecule has 1 heterocycles. The smallest absolute Gasteiger partial charge is 0.332 e. The van der Waals surface area contributed by atoms with Crippen molar-refractivity contribution in [1.29, 1.82) is 0 Å². The van der Waals surface area contributed by atoms with E-state index in [1.807, 2.05) is 41.5 Å². The zero-order chi connectivity index (χ0) is 16.5. The first-order chi connectivity index (χ1) is 9.44. The van der Waals surface area contributed by atoms with E-state index in [0.717, 1.165) is 0 Å². The molecule has 0 aliphatic rings. The summed E-state index contributed by atoms with van der Waals surface area (Å²) in [5, 5.41) is 0. The maximum Gasteiger partial charge on any atom is 0.332 e. The van der Waals surface area contributed by atoms with E-state index in [0.29, 0.717) is 11.4 Å². The SMILES string of the molecule is CCOC(=O)C(Cl)(c1cnc(C(C)(C)C)nc1)C(C)(C)C. The summed E-state index contributed by atoms with van der Waals surface area (Å²) >= 11 is 6.68. The molecule has 0 saturated heterocycles. The van der Waals surface area contributed by atoms with Crippen LogP contribution in [-0.2, 0) is 19.8 Å². The Balaban J connectivity index is 3.32. The maximum atomic E-state index is 12.4. The van der Waals surface area contributed by atoms with Crippen molar-refractivity contribution in [2.75, 3.05) is 6.61 Å². The number of hydrogen-bond acceptors (Lipinski definition) is 4. The summed E-state index contributed by atoms with van der Waals surface area (Å²) in [6.07, 6.45) is 3.26. The highest BCUT2D eigenvalue weighted by Crippen LogP contribution is 2.46. The van der Waals surface area contributed by atoms with Crippen LogP contribution in [-0.4, -0.2) is 22.5 Å². The number of aromatic nitrogens is 2. The molecule has 118 valence electrons. The molecule has 0 aliphatic heterocycles. The number of nitrogens with zero attached hydrogens (tertiary/aromatic N) is 2. The highest BCUT2D eigenvalue weighted by molar-refractivity contribution is 6.34. The van der Waals surface area contributed by atoms with E-state index in [2.05, 4.69) is 9.97 Å². The molecule has 0 bridgehead atoms. The monoisotopic (exact) mass is 312 g/mol. The molecule has 21 heavy (non-hydrogen) atoms. The molecule has 0 saturated carbocycles. The molecular formula is C16H25ClN2O2. The van der Waals surface area contributed by atoms with Crippen LogP contribution in [0.5, 0.6) is 0 Å². The number of carbonyl (C=O) groups is 1. The van der Waals surface area contributed by atoms with Gasteiger partial charge in [-0.2, -0.15) is 0 Å². The molecule has 1 unspecified atom stereocenters. The lowest BCUT2D eigenvalue weighted by atomic mass is 9.76. The lowest BCUT2D eigenvalue weighted by Gasteiger charge is -2.37. The van der Waals surface area contributed by atoms with Crippen LogP contribution in [0.3, 0.4) is 0 Å². The van der Waals surface area contributed by atoms with E-state index in [4.69, 9.17) is 16.3 Å². The number of carbonyl (C=O) groups excluding carboxylic acids is 1. The number of alkyl halides is 1. The average molecular weight is 313 g/mol. The van der Waals surface area contributed by atoms with Gasteiger partial charge in [0.15, 0.2) is 4.87 Å². The molecular weight excluding hydrogens is 288 g/mol. The van der Waals surface area contributed by atoms with Crippen molar-refractivity contribution in [1.82, 2.24) is 9.97 Å². The second-order valence-corrected chi connectivity index (χ2v) is 7.74. The van der Waals surface area contributed by atoms with Crippen molar-refractivity contribution in [2.24, 2.45) is 5.41 Å². The Morgan fingerprint density at radius 2 is 1.62 bits per heavy atom. The van der Waals surface area contributed by atoms with Crippen LogP contribution >= 0.6 is 11.6 Å². The first-order valence-corrected chi connectivity index (χ1v) is 7.51. The summed E-state index contributed by atoms with van der Waals surface area (Å²) in [5.74, 6) is 0.245. The first-order valence-electron chi connectivity index (χ1n) is 7.13. The molecule has 0 fully saturated rings. The van der Waals surface area contributed by atoms with Crippen LogP contribution in [0.25, 0.3) is 0 Å². The number of halogens is 1. The molecule has 0 amide bonds. The van der Waals surface area contributed by atoms with Gasteiger partial charge in [-0.3, -0.25) is 0 Å². The zero-order valence-electron chi connectivity index (χ0n) is 14.0. The topological polar surface area (TPSA) is 52.1 Å². The van der Waals surface area contributed by atoms with E-state index in [1.165, 1.54) is 0 Å². The van der Waals surface area contributed by atoms with E-state index in [1.54, 1.807) is 19.3 Å². The van der Waals surface area contributed by atoms with E-state index < -0.39 is 16.3 Å². The van der Waals surface area contributed by atoms with E-state index in [9.17, 15) is 4.79 Å². The highest BCUT2D eigenvalue weighted by atomic mass is 35.5. The van der Waals surface area contributed by atoms with Gasteiger partial charge < -0.3 is 4.74 Å². The Kier molecular flexibility index (Phi) is 5.04. The predicted molar refractivity (Wildman–Crippen MR) is 84.4 cm³/mol. The largest absolute Gasteiger partial charge is 0.464 e. The summed E-state index contributed by atoms with van der Waals surface area (Å²) in [4.78, 5) is 19.8. The summed E-state index contributed by atoms with van der Waals surface area (Å²) < 4.78 is 5.16. The molecule has 1 aromatic heterocycles. The van der Waals surface area contributed by atoms with Gasteiger partial charge >= 0.3 is 5.97 Å². The lowest BCUT2D eigenvalue weighted by Crippen LogP contribution is -2.43. The van der Waals surface area contributed by atoms with Gasteiger partial charge in [0.25, 0.3) is 0 Å². The average Bonchev–Trinajstić information content (AvgIpc) is 2.35. The van der Waals surface area contributed by atoms with Crippen LogP contribution in [0.4, 0.5) is 0 Å². The van der Waals surface area contributed by atoms with Crippen LogP contribution < -0.4 is 0 Å². The molecule has 1 rings (SSSR count). The Hall–Kier alpha value is -1.16. The van der Waals surface area contributed by atoms with Gasteiger partial charge in [0, 0.05) is 23.4 Å². The van der Waals surface area contributed by atoms with Crippen LogP contribution in [0.1, 0.15) is 59.9 Å². The van der Waals surface area contributed by atoms with Crippen molar-refractivity contribution in [3.63, 3.8) is 0 Å². The van der Waals surface area contributed by atoms with Crippen LogP contribution in [0.15, 0.2) is 12.4 Å².